The van der Waals surface area contributed by atoms with Gasteiger partial charge in [-0.15, -0.1) is 0 Å². The molecule has 0 unspecified atom stereocenters. The fraction of sp³-hybridized carbons (Fsp3) is 0.395. The van der Waals surface area contributed by atoms with Gasteiger partial charge in [0.25, 0.3) is 0 Å². The summed E-state index contributed by atoms with van der Waals surface area (Å²) in [6.45, 7) is 15.9. The molecule has 4 aromatic rings. The molecule has 0 spiro atoms. The van der Waals surface area contributed by atoms with E-state index >= 15 is 0 Å². The number of anilines is 4. The Balaban J connectivity index is 1.49. The third-order valence-corrected chi connectivity index (χ3v) is 8.44. The number of para-hydroxylation sites is 1. The number of aromatic nitrogens is 3. The molecule has 1 atom stereocenters. The third kappa shape index (κ3) is 8.07. The van der Waals surface area contributed by atoms with E-state index in [0.717, 1.165) is 40.6 Å². The fourth-order valence-corrected chi connectivity index (χ4v) is 6.15. The summed E-state index contributed by atoms with van der Waals surface area (Å²) in [5.74, 6) is -0.619. The molecular formula is C38H47N7O5. The Hall–Kier alpha value is -5.39. The average Bonchev–Trinajstić information content (AvgIpc) is 3.65. The van der Waals surface area contributed by atoms with Gasteiger partial charge in [0, 0.05) is 61.7 Å². The maximum absolute atomic E-state index is 13.2. The van der Waals surface area contributed by atoms with E-state index in [1.54, 1.807) is 18.7 Å². The smallest absolute Gasteiger partial charge is 0.410 e. The maximum atomic E-state index is 13.2. The Kier molecular flexibility index (Phi) is 10.5. The molecule has 12 heteroatoms. The highest BCUT2D eigenvalue weighted by Gasteiger charge is 2.33. The number of aryl methyl sites for hydroxylation is 2. The molecule has 0 bridgehead atoms. The first-order valence-corrected chi connectivity index (χ1v) is 16.8. The lowest BCUT2D eigenvalue weighted by Gasteiger charge is -2.32. The highest BCUT2D eigenvalue weighted by molar-refractivity contribution is 6.03. The number of hydrogen-bond acceptors (Lipinski definition) is 9. The predicted octanol–water partition coefficient (Wildman–Crippen LogP) is 7.21. The van der Waals surface area contributed by atoms with Gasteiger partial charge in [0.15, 0.2) is 0 Å². The Morgan fingerprint density at radius 3 is 2.60 bits per heavy atom. The van der Waals surface area contributed by atoms with Gasteiger partial charge in [0.05, 0.1) is 29.2 Å². The van der Waals surface area contributed by atoms with Crippen LogP contribution in [-0.4, -0.2) is 75.3 Å². The number of likely N-dealkylation sites (N-methyl/N-ethyl adjacent to an activating group) is 1. The second-order valence-electron chi connectivity index (χ2n) is 13.9. The maximum Gasteiger partial charge on any atom is 0.410 e. The molecule has 0 saturated carbocycles. The zero-order chi connectivity index (χ0) is 36.3. The van der Waals surface area contributed by atoms with Gasteiger partial charge in [-0.25, -0.2) is 19.6 Å². The van der Waals surface area contributed by atoms with Crippen molar-refractivity contribution >= 4 is 51.9 Å². The lowest BCUT2D eigenvalue weighted by Crippen LogP contribution is -2.44. The number of nitrogens with zero attached hydrogens (tertiary/aromatic N) is 5. The first kappa shape index (κ1) is 35.9. The molecule has 1 aliphatic rings. The van der Waals surface area contributed by atoms with Crippen LogP contribution in [0.3, 0.4) is 0 Å². The molecule has 0 radical (unpaired) electrons. The van der Waals surface area contributed by atoms with Crippen LogP contribution in [0, 0.1) is 6.92 Å². The van der Waals surface area contributed by atoms with Crippen molar-refractivity contribution in [2.75, 3.05) is 35.7 Å². The van der Waals surface area contributed by atoms with Crippen molar-refractivity contribution in [1.29, 1.82) is 0 Å². The van der Waals surface area contributed by atoms with Gasteiger partial charge in [-0.1, -0.05) is 24.8 Å². The van der Waals surface area contributed by atoms with E-state index in [9.17, 15) is 14.4 Å². The minimum Gasteiger partial charge on any atom is -0.459 e. The van der Waals surface area contributed by atoms with Crippen molar-refractivity contribution < 1.29 is 23.9 Å². The van der Waals surface area contributed by atoms with Crippen LogP contribution in [0.4, 0.5) is 27.8 Å². The molecule has 264 valence electrons. The van der Waals surface area contributed by atoms with Gasteiger partial charge in [-0.2, -0.15) is 0 Å². The summed E-state index contributed by atoms with van der Waals surface area (Å²) in [5.41, 5.74) is 4.67. The van der Waals surface area contributed by atoms with Gasteiger partial charge in [0.2, 0.25) is 11.9 Å². The summed E-state index contributed by atoms with van der Waals surface area (Å²) >= 11 is 0. The van der Waals surface area contributed by atoms with E-state index in [1.807, 2.05) is 93.9 Å². The van der Waals surface area contributed by atoms with Gasteiger partial charge >= 0.3 is 12.1 Å². The van der Waals surface area contributed by atoms with Gasteiger partial charge in [-0.3, -0.25) is 4.79 Å². The number of amides is 2. The first-order chi connectivity index (χ1) is 23.6. The van der Waals surface area contributed by atoms with Crippen LogP contribution in [-0.2, 0) is 21.3 Å². The lowest BCUT2D eigenvalue weighted by atomic mass is 10.1. The van der Waals surface area contributed by atoms with E-state index in [0.29, 0.717) is 30.2 Å². The topological polar surface area (TPSA) is 131 Å². The SMILES string of the molecule is C=CC(=O)Nc1cc(Nc2ncc(C(=O)OC(C)C)c(-c3cn(C)c4ccccc34)n2)c(C)cc1N(C)C[C@H]1CCCN1C(=O)OC(C)(C)C. The van der Waals surface area contributed by atoms with Crippen molar-refractivity contribution in [2.45, 2.75) is 72.1 Å². The molecule has 2 aromatic heterocycles. The molecule has 50 heavy (non-hydrogen) atoms. The quantitative estimate of drug-likeness (QED) is 0.132. The molecule has 5 rings (SSSR count). The number of hydrogen-bond donors (Lipinski definition) is 2. The summed E-state index contributed by atoms with van der Waals surface area (Å²) in [5, 5.41) is 7.18. The molecule has 2 amide bonds. The van der Waals surface area contributed by atoms with E-state index < -0.39 is 11.6 Å². The van der Waals surface area contributed by atoms with Crippen molar-refractivity contribution in [3.63, 3.8) is 0 Å². The van der Waals surface area contributed by atoms with Gasteiger partial charge in [0.1, 0.15) is 11.2 Å². The number of benzene rings is 2. The fourth-order valence-electron chi connectivity index (χ4n) is 6.15. The summed E-state index contributed by atoms with van der Waals surface area (Å²) in [7, 11) is 3.88. The molecule has 3 heterocycles. The van der Waals surface area contributed by atoms with Gasteiger partial charge in [-0.05, 0) is 84.2 Å². The van der Waals surface area contributed by atoms with Crippen molar-refractivity contribution in [3.8, 4) is 11.3 Å². The summed E-state index contributed by atoms with van der Waals surface area (Å²) in [6, 6.07) is 11.6. The lowest BCUT2D eigenvalue weighted by molar-refractivity contribution is -0.111. The molecule has 1 aliphatic heterocycles. The van der Waals surface area contributed by atoms with E-state index in [2.05, 4.69) is 22.2 Å². The predicted molar refractivity (Wildman–Crippen MR) is 197 cm³/mol. The van der Waals surface area contributed by atoms with Crippen molar-refractivity contribution in [1.82, 2.24) is 19.4 Å². The second kappa shape index (κ2) is 14.6. The van der Waals surface area contributed by atoms with Crippen molar-refractivity contribution in [2.24, 2.45) is 7.05 Å². The van der Waals surface area contributed by atoms with Crippen LogP contribution in [0.1, 0.15) is 63.4 Å². The number of fused-ring (bicyclic) bond motifs is 1. The number of esters is 1. The minimum absolute atomic E-state index is 0.0577. The van der Waals surface area contributed by atoms with Crippen LogP contribution in [0.2, 0.25) is 0 Å². The monoisotopic (exact) mass is 681 g/mol. The van der Waals surface area contributed by atoms with E-state index in [1.165, 1.54) is 12.3 Å². The van der Waals surface area contributed by atoms with Crippen LogP contribution in [0.15, 0.2) is 61.4 Å². The number of ether oxygens (including phenoxy) is 2. The molecule has 12 nitrogen and oxygen atoms in total. The molecule has 2 N–H and O–H groups in total. The first-order valence-electron chi connectivity index (χ1n) is 16.8. The second-order valence-corrected chi connectivity index (χ2v) is 13.9. The number of carbonyl (C=O) groups is 3. The molecular weight excluding hydrogens is 634 g/mol. The Morgan fingerprint density at radius 2 is 1.90 bits per heavy atom. The molecule has 1 saturated heterocycles. The summed E-state index contributed by atoms with van der Waals surface area (Å²) < 4.78 is 13.2. The normalized spacial score (nSPS) is 14.5. The van der Waals surface area contributed by atoms with Gasteiger partial charge < -0.3 is 34.5 Å². The minimum atomic E-state index is -0.588. The largest absolute Gasteiger partial charge is 0.459 e. The number of nitrogens with one attached hydrogen (secondary N) is 2. The van der Waals surface area contributed by atoms with Crippen molar-refractivity contribution in [3.05, 3.63) is 72.6 Å². The average molecular weight is 682 g/mol. The Morgan fingerprint density at radius 1 is 1.16 bits per heavy atom. The van der Waals surface area contributed by atoms with Crippen LogP contribution in [0.25, 0.3) is 22.2 Å². The number of carbonyl (C=O) groups excluding carboxylic acids is 3. The molecule has 0 aliphatic carbocycles. The highest BCUT2D eigenvalue weighted by Crippen LogP contribution is 2.36. The molecule has 1 fully saturated rings. The Bertz CT molecular complexity index is 1930. The van der Waals surface area contributed by atoms with E-state index in [4.69, 9.17) is 14.5 Å². The highest BCUT2D eigenvalue weighted by atomic mass is 16.6. The third-order valence-electron chi connectivity index (χ3n) is 8.44. The number of rotatable bonds is 10. The standard InChI is InChI=1S/C38H47N7O5/c1-10-33(46)40-30-19-29(24(4)18-32(30)43(8)21-25-14-13-17-45(25)37(48)50-38(5,6)7)41-36-39-20-27(35(47)49-23(2)3)34(42-36)28-22-44(9)31-16-12-11-15-26(28)31/h10-12,15-16,18-20,22-23,25H,1,13-14,17,21H2,2-9H3,(H,40,46)(H,39,41,42)/t25-/m1/s1. The zero-order valence-corrected chi connectivity index (χ0v) is 30.2. The van der Waals surface area contributed by atoms with Crippen LogP contribution < -0.4 is 15.5 Å². The van der Waals surface area contributed by atoms with Crippen LogP contribution >= 0.6 is 0 Å². The summed E-state index contributed by atoms with van der Waals surface area (Å²) in [4.78, 5) is 52.0. The summed E-state index contributed by atoms with van der Waals surface area (Å²) in [6.07, 6.45) is 5.71. The zero-order valence-electron chi connectivity index (χ0n) is 30.2. The van der Waals surface area contributed by atoms with Crippen LogP contribution in [0.5, 0.6) is 0 Å². The Labute approximate surface area is 293 Å². The van der Waals surface area contributed by atoms with E-state index in [-0.39, 0.29) is 35.7 Å². The number of likely N-dealkylation sites (tertiary alicyclic amines) is 1. The molecule has 2 aromatic carbocycles.